The van der Waals surface area contributed by atoms with Crippen molar-refractivity contribution in [1.82, 2.24) is 4.90 Å². The predicted molar refractivity (Wildman–Crippen MR) is 122 cm³/mol. The third-order valence-corrected chi connectivity index (χ3v) is 7.01. The van der Waals surface area contributed by atoms with Crippen molar-refractivity contribution in [1.29, 1.82) is 0 Å². The molecular formula is C25H25NO4S. The summed E-state index contributed by atoms with van der Waals surface area (Å²) in [4.78, 5) is 30.1. The molecule has 0 N–H and O–H groups in total. The Morgan fingerprint density at radius 2 is 1.90 bits per heavy atom. The minimum atomic E-state index is -0.469. The molecule has 2 aliphatic heterocycles. The molecule has 31 heavy (non-hydrogen) atoms. The fourth-order valence-corrected chi connectivity index (χ4v) is 5.25. The molecule has 1 amide bonds. The molecule has 0 saturated carbocycles. The molecule has 2 atom stereocenters. The van der Waals surface area contributed by atoms with Crippen molar-refractivity contribution in [2.45, 2.75) is 43.7 Å². The van der Waals surface area contributed by atoms with Crippen LogP contribution in [0.5, 0.6) is 0 Å². The predicted octanol–water partition coefficient (Wildman–Crippen LogP) is 4.86. The van der Waals surface area contributed by atoms with Gasteiger partial charge in [-0.15, -0.1) is 11.8 Å². The lowest BCUT2D eigenvalue weighted by atomic mass is 9.97. The second-order valence-corrected chi connectivity index (χ2v) is 9.28. The number of ether oxygens (including phenoxy) is 1. The Bertz CT molecular complexity index is 1220. The number of hydrogen-bond donors (Lipinski definition) is 0. The van der Waals surface area contributed by atoms with Gasteiger partial charge in [0.25, 0.3) is 5.91 Å². The zero-order chi connectivity index (χ0) is 21.7. The molecule has 3 heterocycles. The van der Waals surface area contributed by atoms with Crippen LogP contribution in [0.2, 0.25) is 0 Å². The first-order chi connectivity index (χ1) is 15.0. The smallest absolute Gasteiger partial charge is 0.291 e. The SMILES string of the molecule is CSc1ccc([C@@H]2c3c(oc4cc(C)cc(C)c4c3=O)C(=O)N2C[C@@H]2CCCO2)cc1. The van der Waals surface area contributed by atoms with Crippen molar-refractivity contribution in [3.8, 4) is 0 Å². The quantitative estimate of drug-likeness (QED) is 0.548. The topological polar surface area (TPSA) is 59.8 Å². The van der Waals surface area contributed by atoms with Crippen LogP contribution in [0.4, 0.5) is 0 Å². The highest BCUT2D eigenvalue weighted by molar-refractivity contribution is 7.98. The number of hydrogen-bond acceptors (Lipinski definition) is 5. The second kappa shape index (κ2) is 7.84. The van der Waals surface area contributed by atoms with E-state index in [0.29, 0.717) is 29.7 Å². The van der Waals surface area contributed by atoms with Gasteiger partial charge < -0.3 is 14.1 Å². The van der Waals surface area contributed by atoms with Gasteiger partial charge in [-0.25, -0.2) is 0 Å². The lowest BCUT2D eigenvalue weighted by Crippen LogP contribution is -2.36. The highest BCUT2D eigenvalue weighted by atomic mass is 32.2. The zero-order valence-corrected chi connectivity index (χ0v) is 18.8. The standard InChI is InChI=1S/C25H25NO4S/c1-14-11-15(2)20-19(12-14)30-24-21(23(20)27)22(16-6-8-18(31-3)9-7-16)26(25(24)28)13-17-5-4-10-29-17/h6-9,11-12,17,22H,4-5,10,13H2,1-3H3/t17-,22+/m0/s1. The van der Waals surface area contributed by atoms with E-state index < -0.39 is 6.04 Å². The van der Waals surface area contributed by atoms with Gasteiger partial charge in [0, 0.05) is 18.0 Å². The first-order valence-electron chi connectivity index (χ1n) is 10.6. The molecule has 3 aromatic rings. The average molecular weight is 436 g/mol. The van der Waals surface area contributed by atoms with Gasteiger partial charge in [0.1, 0.15) is 5.58 Å². The lowest BCUT2D eigenvalue weighted by Gasteiger charge is -2.27. The van der Waals surface area contributed by atoms with E-state index in [1.807, 2.05) is 56.5 Å². The molecule has 2 aromatic carbocycles. The van der Waals surface area contributed by atoms with Crippen molar-refractivity contribution in [3.05, 3.63) is 74.6 Å². The molecule has 0 aliphatic carbocycles. The van der Waals surface area contributed by atoms with E-state index in [-0.39, 0.29) is 23.2 Å². The van der Waals surface area contributed by atoms with E-state index in [2.05, 4.69) is 0 Å². The second-order valence-electron chi connectivity index (χ2n) is 8.40. The van der Waals surface area contributed by atoms with E-state index in [1.165, 1.54) is 0 Å². The number of amides is 1. The normalized spacial score (nSPS) is 20.6. The summed E-state index contributed by atoms with van der Waals surface area (Å²) in [5.41, 5.74) is 3.59. The first kappa shape index (κ1) is 20.3. The van der Waals surface area contributed by atoms with Crippen LogP contribution in [0.15, 0.2) is 50.5 Å². The summed E-state index contributed by atoms with van der Waals surface area (Å²) in [7, 11) is 0. The number of rotatable bonds is 4. The molecule has 5 nitrogen and oxygen atoms in total. The van der Waals surface area contributed by atoms with Crippen LogP contribution in [-0.2, 0) is 4.74 Å². The van der Waals surface area contributed by atoms with Crippen molar-refractivity contribution < 1.29 is 13.9 Å². The summed E-state index contributed by atoms with van der Waals surface area (Å²) in [6.07, 6.45) is 3.92. The van der Waals surface area contributed by atoms with Crippen LogP contribution in [0, 0.1) is 13.8 Å². The number of carbonyl (C=O) groups is 1. The van der Waals surface area contributed by atoms with Crippen LogP contribution >= 0.6 is 11.8 Å². The summed E-state index contributed by atoms with van der Waals surface area (Å²) in [5, 5.41) is 0.557. The van der Waals surface area contributed by atoms with E-state index >= 15 is 0 Å². The fourth-order valence-electron chi connectivity index (χ4n) is 4.84. The monoisotopic (exact) mass is 435 g/mol. The summed E-state index contributed by atoms with van der Waals surface area (Å²) in [5.74, 6) is -0.0676. The number of nitrogens with zero attached hydrogens (tertiary/aromatic N) is 1. The number of fused-ring (bicyclic) bond motifs is 2. The highest BCUT2D eigenvalue weighted by Crippen LogP contribution is 2.39. The Kier molecular flexibility index (Phi) is 5.15. The molecule has 5 rings (SSSR count). The minimum Gasteiger partial charge on any atom is -0.450 e. The van der Waals surface area contributed by atoms with Crippen molar-refractivity contribution in [2.75, 3.05) is 19.4 Å². The maximum atomic E-state index is 13.7. The maximum Gasteiger partial charge on any atom is 0.291 e. The van der Waals surface area contributed by atoms with Crippen LogP contribution in [0.1, 0.15) is 51.7 Å². The fraction of sp³-hybridized carbons (Fsp3) is 0.360. The van der Waals surface area contributed by atoms with Gasteiger partial charge in [-0.2, -0.15) is 0 Å². The van der Waals surface area contributed by atoms with Gasteiger partial charge in [0.05, 0.1) is 23.1 Å². The Balaban J connectivity index is 1.71. The van der Waals surface area contributed by atoms with E-state index in [1.54, 1.807) is 16.7 Å². The van der Waals surface area contributed by atoms with Gasteiger partial charge in [-0.1, -0.05) is 18.2 Å². The molecule has 1 aromatic heterocycles. The maximum absolute atomic E-state index is 13.7. The third kappa shape index (κ3) is 3.38. The van der Waals surface area contributed by atoms with Gasteiger partial charge in [0.2, 0.25) is 5.76 Å². The molecule has 160 valence electrons. The number of carbonyl (C=O) groups excluding carboxylic acids is 1. The highest BCUT2D eigenvalue weighted by Gasteiger charge is 2.44. The summed E-state index contributed by atoms with van der Waals surface area (Å²) < 4.78 is 11.9. The molecule has 0 spiro atoms. The Labute approximate surface area is 185 Å². The number of thioether (sulfide) groups is 1. The van der Waals surface area contributed by atoms with Gasteiger partial charge in [0.15, 0.2) is 5.43 Å². The number of aryl methyl sites for hydroxylation is 2. The van der Waals surface area contributed by atoms with Crippen molar-refractivity contribution in [3.63, 3.8) is 0 Å². The van der Waals surface area contributed by atoms with E-state index in [0.717, 1.165) is 34.4 Å². The minimum absolute atomic E-state index is 0.0141. The molecule has 1 fully saturated rings. The van der Waals surface area contributed by atoms with Gasteiger partial charge in [-0.3, -0.25) is 9.59 Å². The molecule has 0 unspecified atom stereocenters. The molecule has 0 bridgehead atoms. The van der Waals surface area contributed by atoms with Crippen molar-refractivity contribution in [2.24, 2.45) is 0 Å². The Morgan fingerprint density at radius 1 is 1.13 bits per heavy atom. The van der Waals surface area contributed by atoms with Crippen LogP contribution in [0.25, 0.3) is 11.0 Å². The van der Waals surface area contributed by atoms with Gasteiger partial charge >= 0.3 is 0 Å². The molecule has 1 saturated heterocycles. The summed E-state index contributed by atoms with van der Waals surface area (Å²) >= 11 is 1.66. The zero-order valence-electron chi connectivity index (χ0n) is 17.9. The number of benzene rings is 2. The molecular weight excluding hydrogens is 410 g/mol. The third-order valence-electron chi connectivity index (χ3n) is 6.27. The average Bonchev–Trinajstić information content (AvgIpc) is 3.35. The summed E-state index contributed by atoms with van der Waals surface area (Å²) in [6, 6.07) is 11.4. The van der Waals surface area contributed by atoms with Gasteiger partial charge in [-0.05, 0) is 67.8 Å². The lowest BCUT2D eigenvalue weighted by molar-refractivity contribution is 0.0486. The first-order valence-corrected chi connectivity index (χ1v) is 11.8. The van der Waals surface area contributed by atoms with Crippen LogP contribution in [0.3, 0.4) is 0 Å². The van der Waals surface area contributed by atoms with E-state index in [9.17, 15) is 9.59 Å². The summed E-state index contributed by atoms with van der Waals surface area (Å²) in [6.45, 7) is 5.04. The Hall–Kier alpha value is -2.57. The molecule has 2 aliphatic rings. The molecule has 0 radical (unpaired) electrons. The van der Waals surface area contributed by atoms with E-state index in [4.69, 9.17) is 9.15 Å². The largest absolute Gasteiger partial charge is 0.450 e. The van der Waals surface area contributed by atoms with Crippen LogP contribution < -0.4 is 5.43 Å². The van der Waals surface area contributed by atoms with Crippen molar-refractivity contribution >= 4 is 28.6 Å². The Morgan fingerprint density at radius 3 is 2.58 bits per heavy atom. The van der Waals surface area contributed by atoms with Crippen LogP contribution in [-0.4, -0.2) is 36.3 Å². The molecule has 6 heteroatoms.